The summed E-state index contributed by atoms with van der Waals surface area (Å²) in [5.74, 6) is 1.56. The van der Waals surface area contributed by atoms with Gasteiger partial charge in [0, 0.05) is 6.54 Å². The summed E-state index contributed by atoms with van der Waals surface area (Å²) in [6.07, 6.45) is -0.216. The van der Waals surface area contributed by atoms with Gasteiger partial charge in [0.25, 0.3) is 0 Å². The van der Waals surface area contributed by atoms with Crippen LogP contribution in [0.5, 0.6) is 17.2 Å². The topological polar surface area (TPSA) is 66.0 Å². The normalized spacial score (nSPS) is 18.7. The molecule has 1 atom stereocenters. The highest BCUT2D eigenvalue weighted by Gasteiger charge is 2.23. The number of benzene rings is 1. The van der Waals surface area contributed by atoms with Crippen LogP contribution in [-0.4, -0.2) is 40.4 Å². The minimum Gasteiger partial charge on any atom is -0.493 e. The van der Waals surface area contributed by atoms with E-state index in [4.69, 9.17) is 18.9 Å². The van der Waals surface area contributed by atoms with Crippen molar-refractivity contribution in [3.05, 3.63) is 17.7 Å². The summed E-state index contributed by atoms with van der Waals surface area (Å²) < 4.78 is 21.3. The monoisotopic (exact) mass is 267 g/mol. The van der Waals surface area contributed by atoms with Gasteiger partial charge in [-0.3, -0.25) is 4.79 Å². The van der Waals surface area contributed by atoms with Gasteiger partial charge < -0.3 is 24.3 Å². The van der Waals surface area contributed by atoms with E-state index in [2.05, 4.69) is 5.32 Å². The molecule has 1 saturated heterocycles. The number of ether oxygens (including phenoxy) is 4. The van der Waals surface area contributed by atoms with Crippen LogP contribution in [0.2, 0.25) is 0 Å². The van der Waals surface area contributed by atoms with E-state index < -0.39 is 0 Å². The largest absolute Gasteiger partial charge is 0.493 e. The lowest BCUT2D eigenvalue weighted by atomic mass is 10.1. The fourth-order valence-electron chi connectivity index (χ4n) is 1.99. The van der Waals surface area contributed by atoms with E-state index in [1.807, 2.05) is 12.1 Å². The molecule has 2 rings (SSSR count). The van der Waals surface area contributed by atoms with Crippen molar-refractivity contribution in [3.63, 3.8) is 0 Å². The molecule has 1 N–H and O–H groups in total. The van der Waals surface area contributed by atoms with Crippen molar-refractivity contribution in [1.29, 1.82) is 0 Å². The molecule has 1 aliphatic rings. The second kappa shape index (κ2) is 5.79. The van der Waals surface area contributed by atoms with Crippen LogP contribution >= 0.6 is 0 Å². The number of methoxy groups -OCH3 is 3. The van der Waals surface area contributed by atoms with Crippen LogP contribution in [0.25, 0.3) is 0 Å². The second-order valence-electron chi connectivity index (χ2n) is 4.06. The lowest BCUT2D eigenvalue weighted by Crippen LogP contribution is -2.38. The van der Waals surface area contributed by atoms with Crippen molar-refractivity contribution in [2.45, 2.75) is 6.10 Å². The first-order chi connectivity index (χ1) is 9.19. The smallest absolute Gasteiger partial charge is 0.246 e. The summed E-state index contributed by atoms with van der Waals surface area (Å²) in [6, 6.07) is 3.65. The Morgan fingerprint density at radius 3 is 2.21 bits per heavy atom. The molecule has 0 saturated carbocycles. The number of hydrogen-bond donors (Lipinski definition) is 1. The van der Waals surface area contributed by atoms with Crippen LogP contribution in [0.4, 0.5) is 0 Å². The predicted octanol–water partition coefficient (Wildman–Crippen LogP) is 0.900. The van der Waals surface area contributed by atoms with Crippen molar-refractivity contribution in [3.8, 4) is 17.2 Å². The maximum absolute atomic E-state index is 11.1. The molecule has 1 heterocycles. The van der Waals surface area contributed by atoms with Crippen molar-refractivity contribution in [2.75, 3.05) is 34.5 Å². The zero-order chi connectivity index (χ0) is 13.8. The lowest BCUT2D eigenvalue weighted by molar-refractivity contribution is -0.133. The fraction of sp³-hybridized carbons (Fsp3) is 0.462. The molecular weight excluding hydrogens is 250 g/mol. The third-order valence-corrected chi connectivity index (χ3v) is 2.96. The number of amides is 1. The average Bonchev–Trinajstić information content (AvgIpc) is 2.46. The molecule has 0 aromatic heterocycles. The molecule has 0 aliphatic carbocycles. The van der Waals surface area contributed by atoms with Gasteiger partial charge in [0.2, 0.25) is 11.7 Å². The second-order valence-corrected chi connectivity index (χ2v) is 4.06. The van der Waals surface area contributed by atoms with Crippen LogP contribution in [0.1, 0.15) is 11.7 Å². The number of nitrogens with one attached hydrogen (secondary N) is 1. The summed E-state index contributed by atoms with van der Waals surface area (Å²) >= 11 is 0. The van der Waals surface area contributed by atoms with Crippen molar-refractivity contribution in [2.24, 2.45) is 0 Å². The van der Waals surface area contributed by atoms with E-state index in [-0.39, 0.29) is 18.6 Å². The maximum atomic E-state index is 11.1. The van der Waals surface area contributed by atoms with Crippen molar-refractivity contribution >= 4 is 5.91 Å². The van der Waals surface area contributed by atoms with Crippen molar-refractivity contribution < 1.29 is 23.7 Å². The molecule has 104 valence electrons. The summed E-state index contributed by atoms with van der Waals surface area (Å²) in [5, 5.41) is 2.76. The van der Waals surface area contributed by atoms with E-state index in [0.717, 1.165) is 5.56 Å². The first-order valence-corrected chi connectivity index (χ1v) is 5.87. The number of carbonyl (C=O) groups excluding carboxylic acids is 1. The Labute approximate surface area is 111 Å². The Morgan fingerprint density at radius 1 is 1.16 bits per heavy atom. The zero-order valence-electron chi connectivity index (χ0n) is 11.2. The number of morpholine rings is 1. The Balaban J connectivity index is 2.33. The molecular formula is C13H17NO5. The SMILES string of the molecule is COc1cc([C@@H]2CNC(=O)CO2)cc(OC)c1OC. The Morgan fingerprint density at radius 2 is 1.79 bits per heavy atom. The molecule has 1 aromatic carbocycles. The van der Waals surface area contributed by atoms with E-state index in [0.29, 0.717) is 23.8 Å². The highest BCUT2D eigenvalue weighted by Crippen LogP contribution is 2.40. The Kier molecular flexibility index (Phi) is 4.11. The Bertz CT molecular complexity index is 439. The number of rotatable bonds is 4. The molecule has 6 heteroatoms. The van der Waals surface area contributed by atoms with Crippen LogP contribution in [0, 0.1) is 0 Å². The lowest BCUT2D eigenvalue weighted by Gasteiger charge is -2.24. The third kappa shape index (κ3) is 2.73. The van der Waals surface area contributed by atoms with E-state index in [1.165, 1.54) is 0 Å². The first kappa shape index (κ1) is 13.5. The van der Waals surface area contributed by atoms with Gasteiger partial charge in [-0.05, 0) is 17.7 Å². The number of carbonyl (C=O) groups is 1. The highest BCUT2D eigenvalue weighted by atomic mass is 16.5. The van der Waals surface area contributed by atoms with Gasteiger partial charge in [0.15, 0.2) is 11.5 Å². The highest BCUT2D eigenvalue weighted by molar-refractivity contribution is 5.77. The molecule has 6 nitrogen and oxygen atoms in total. The van der Waals surface area contributed by atoms with Gasteiger partial charge in [-0.1, -0.05) is 0 Å². The zero-order valence-corrected chi connectivity index (χ0v) is 11.2. The summed E-state index contributed by atoms with van der Waals surface area (Å²) in [6.45, 7) is 0.485. The van der Waals surface area contributed by atoms with Gasteiger partial charge >= 0.3 is 0 Å². The van der Waals surface area contributed by atoms with Gasteiger partial charge in [0.05, 0.1) is 21.3 Å². The summed E-state index contributed by atoms with van der Waals surface area (Å²) in [7, 11) is 4.67. The predicted molar refractivity (Wildman–Crippen MR) is 67.8 cm³/mol. The average molecular weight is 267 g/mol. The third-order valence-electron chi connectivity index (χ3n) is 2.96. The fourth-order valence-corrected chi connectivity index (χ4v) is 1.99. The van der Waals surface area contributed by atoms with Crippen molar-refractivity contribution in [1.82, 2.24) is 5.32 Å². The number of hydrogen-bond acceptors (Lipinski definition) is 5. The summed E-state index contributed by atoms with van der Waals surface area (Å²) in [5.41, 5.74) is 0.870. The van der Waals surface area contributed by atoms with E-state index in [9.17, 15) is 4.79 Å². The molecule has 1 amide bonds. The molecule has 0 spiro atoms. The first-order valence-electron chi connectivity index (χ1n) is 5.87. The minimum absolute atomic E-state index is 0.0569. The van der Waals surface area contributed by atoms with Crippen LogP contribution in [-0.2, 0) is 9.53 Å². The van der Waals surface area contributed by atoms with Crippen LogP contribution in [0.15, 0.2) is 12.1 Å². The van der Waals surface area contributed by atoms with Gasteiger partial charge in [-0.2, -0.15) is 0 Å². The quantitative estimate of drug-likeness (QED) is 0.878. The molecule has 1 aromatic rings. The van der Waals surface area contributed by atoms with Crippen LogP contribution < -0.4 is 19.5 Å². The molecule has 19 heavy (non-hydrogen) atoms. The van der Waals surface area contributed by atoms with Gasteiger partial charge in [-0.25, -0.2) is 0 Å². The minimum atomic E-state index is -0.216. The van der Waals surface area contributed by atoms with Gasteiger partial charge in [0.1, 0.15) is 12.7 Å². The van der Waals surface area contributed by atoms with Crippen LogP contribution in [0.3, 0.4) is 0 Å². The molecule has 0 bridgehead atoms. The Hall–Kier alpha value is -1.95. The summed E-state index contributed by atoms with van der Waals surface area (Å²) in [4.78, 5) is 11.1. The molecule has 1 aliphatic heterocycles. The maximum Gasteiger partial charge on any atom is 0.246 e. The molecule has 0 radical (unpaired) electrons. The standard InChI is InChI=1S/C13H17NO5/c1-16-9-4-8(5-10(17-2)13(9)18-3)11-6-14-12(15)7-19-11/h4-5,11H,6-7H2,1-3H3,(H,14,15)/t11-/m0/s1. The molecule has 1 fully saturated rings. The van der Waals surface area contributed by atoms with Gasteiger partial charge in [-0.15, -0.1) is 0 Å². The van der Waals surface area contributed by atoms with E-state index in [1.54, 1.807) is 21.3 Å². The van der Waals surface area contributed by atoms with E-state index >= 15 is 0 Å². The molecule has 0 unspecified atom stereocenters.